The van der Waals surface area contributed by atoms with Crippen molar-refractivity contribution >= 4 is 39.0 Å². The van der Waals surface area contributed by atoms with Crippen LogP contribution in [0, 0.1) is 0 Å². The standard InChI is InChI=1S/C19H22N4O4S2/c1-3-9-23-18(14-8-10-29(26,27)12-14)21-22-19(23)28-11-17(25)20-16-7-5-4-6-15(16)13(2)24/h3-7,14H,1,8-12H2,2H3,(H,20,25). The van der Waals surface area contributed by atoms with Crippen molar-refractivity contribution in [1.82, 2.24) is 14.8 Å². The lowest BCUT2D eigenvalue weighted by Crippen LogP contribution is -2.17. The lowest BCUT2D eigenvalue weighted by molar-refractivity contribution is -0.113. The summed E-state index contributed by atoms with van der Waals surface area (Å²) in [5.41, 5.74) is 0.917. The van der Waals surface area contributed by atoms with Crippen LogP contribution in [0.4, 0.5) is 5.69 Å². The predicted octanol–water partition coefficient (Wildman–Crippen LogP) is 2.30. The Morgan fingerprint density at radius 2 is 2.10 bits per heavy atom. The Morgan fingerprint density at radius 1 is 1.34 bits per heavy atom. The van der Waals surface area contributed by atoms with Gasteiger partial charge in [-0.15, -0.1) is 16.8 Å². The number of sulfone groups is 1. The lowest BCUT2D eigenvalue weighted by atomic mass is 10.1. The Kier molecular flexibility index (Phi) is 6.53. The average Bonchev–Trinajstić information content (AvgIpc) is 3.23. The van der Waals surface area contributed by atoms with E-state index < -0.39 is 9.84 Å². The number of hydrogen-bond acceptors (Lipinski definition) is 7. The third-order valence-corrected chi connectivity index (χ3v) is 7.30. The molecule has 1 atom stereocenters. The van der Waals surface area contributed by atoms with Gasteiger partial charge < -0.3 is 9.88 Å². The molecule has 154 valence electrons. The van der Waals surface area contributed by atoms with Crippen molar-refractivity contribution in [3.8, 4) is 0 Å². The molecule has 0 saturated carbocycles. The monoisotopic (exact) mass is 434 g/mol. The van der Waals surface area contributed by atoms with Crippen LogP contribution in [0.5, 0.6) is 0 Å². The van der Waals surface area contributed by atoms with Crippen LogP contribution in [0.25, 0.3) is 0 Å². The van der Waals surface area contributed by atoms with Gasteiger partial charge in [0.25, 0.3) is 0 Å². The van der Waals surface area contributed by atoms with Gasteiger partial charge in [0.15, 0.2) is 20.8 Å². The number of Topliss-reactive ketones (excluding diaryl/α,β-unsaturated/α-hetero) is 1. The Hall–Kier alpha value is -2.46. The minimum atomic E-state index is -3.04. The normalized spacial score (nSPS) is 17.8. The first-order chi connectivity index (χ1) is 13.8. The molecule has 1 aliphatic heterocycles. The van der Waals surface area contributed by atoms with E-state index in [-0.39, 0.29) is 34.9 Å². The van der Waals surface area contributed by atoms with E-state index in [2.05, 4.69) is 22.1 Å². The van der Waals surface area contributed by atoms with Gasteiger partial charge in [0.05, 0.1) is 22.9 Å². The van der Waals surface area contributed by atoms with Crippen LogP contribution < -0.4 is 5.32 Å². The number of carbonyl (C=O) groups excluding carboxylic acids is 2. The molecule has 29 heavy (non-hydrogen) atoms. The van der Waals surface area contributed by atoms with Crippen molar-refractivity contribution in [1.29, 1.82) is 0 Å². The zero-order chi connectivity index (χ0) is 21.0. The van der Waals surface area contributed by atoms with Gasteiger partial charge in [-0.3, -0.25) is 9.59 Å². The summed E-state index contributed by atoms with van der Waals surface area (Å²) in [6.45, 7) is 5.61. The summed E-state index contributed by atoms with van der Waals surface area (Å²) >= 11 is 1.20. The van der Waals surface area contributed by atoms with Gasteiger partial charge in [-0.2, -0.15) is 0 Å². The molecule has 1 N–H and O–H groups in total. The fraction of sp³-hybridized carbons (Fsp3) is 0.368. The first kappa shape index (κ1) is 21.3. The number of aromatic nitrogens is 3. The van der Waals surface area contributed by atoms with E-state index in [4.69, 9.17) is 0 Å². The summed E-state index contributed by atoms with van der Waals surface area (Å²) < 4.78 is 25.4. The molecule has 10 heteroatoms. The molecule has 1 amide bonds. The molecule has 0 spiro atoms. The zero-order valence-corrected chi connectivity index (χ0v) is 17.6. The Morgan fingerprint density at radius 3 is 2.76 bits per heavy atom. The quantitative estimate of drug-likeness (QED) is 0.385. The van der Waals surface area contributed by atoms with Crippen molar-refractivity contribution in [3.05, 3.63) is 48.3 Å². The summed E-state index contributed by atoms with van der Waals surface area (Å²) in [6.07, 6.45) is 2.20. The highest BCUT2D eigenvalue weighted by atomic mass is 32.2. The predicted molar refractivity (Wildman–Crippen MR) is 112 cm³/mol. The summed E-state index contributed by atoms with van der Waals surface area (Å²) in [5, 5.41) is 11.6. The van der Waals surface area contributed by atoms with Gasteiger partial charge in [0, 0.05) is 18.0 Å². The van der Waals surface area contributed by atoms with E-state index in [0.717, 1.165) is 0 Å². The second-order valence-electron chi connectivity index (χ2n) is 6.78. The van der Waals surface area contributed by atoms with E-state index in [0.29, 0.717) is 35.2 Å². The van der Waals surface area contributed by atoms with Crippen LogP contribution in [-0.4, -0.2) is 52.1 Å². The number of carbonyl (C=O) groups is 2. The van der Waals surface area contributed by atoms with E-state index >= 15 is 0 Å². The molecule has 3 rings (SSSR count). The van der Waals surface area contributed by atoms with E-state index in [9.17, 15) is 18.0 Å². The van der Waals surface area contributed by atoms with E-state index in [1.807, 2.05) is 0 Å². The molecule has 0 aliphatic carbocycles. The Balaban J connectivity index is 1.70. The molecule has 0 bridgehead atoms. The van der Waals surface area contributed by atoms with Crippen LogP contribution in [0.3, 0.4) is 0 Å². The number of thioether (sulfide) groups is 1. The maximum Gasteiger partial charge on any atom is 0.234 e. The fourth-order valence-electron chi connectivity index (χ4n) is 3.22. The highest BCUT2D eigenvalue weighted by Crippen LogP contribution is 2.30. The third-order valence-electron chi connectivity index (χ3n) is 4.57. The minimum Gasteiger partial charge on any atom is -0.325 e. The van der Waals surface area contributed by atoms with Gasteiger partial charge in [0.1, 0.15) is 5.82 Å². The number of rotatable bonds is 8. The molecule has 1 aromatic heterocycles. The molecule has 0 radical (unpaired) electrons. The Bertz CT molecular complexity index is 1050. The Labute approximate surface area is 173 Å². The number of nitrogens with zero attached hydrogens (tertiary/aromatic N) is 3. The smallest absolute Gasteiger partial charge is 0.234 e. The summed E-state index contributed by atoms with van der Waals surface area (Å²) in [5.74, 6) is 0.296. The number of benzene rings is 1. The van der Waals surface area contributed by atoms with Gasteiger partial charge in [-0.1, -0.05) is 30.0 Å². The second kappa shape index (κ2) is 8.91. The van der Waals surface area contributed by atoms with Gasteiger partial charge in [-0.05, 0) is 25.5 Å². The number of ketones is 1. The van der Waals surface area contributed by atoms with Gasteiger partial charge >= 0.3 is 0 Å². The van der Waals surface area contributed by atoms with Crippen molar-refractivity contribution in [2.24, 2.45) is 0 Å². The maximum absolute atomic E-state index is 12.4. The number of allylic oxidation sites excluding steroid dienone is 1. The molecule has 2 aromatic rings. The largest absolute Gasteiger partial charge is 0.325 e. The SMILES string of the molecule is C=CCn1c(SCC(=O)Nc2ccccc2C(C)=O)nnc1C1CCS(=O)(=O)C1. The molecular weight excluding hydrogens is 412 g/mol. The van der Waals surface area contributed by atoms with Gasteiger partial charge in [-0.25, -0.2) is 8.42 Å². The minimum absolute atomic E-state index is 0.0647. The zero-order valence-electron chi connectivity index (χ0n) is 16.0. The number of amides is 1. The number of hydrogen-bond donors (Lipinski definition) is 1. The molecule has 1 saturated heterocycles. The molecule has 1 fully saturated rings. The first-order valence-corrected chi connectivity index (χ1v) is 11.9. The summed E-state index contributed by atoms with van der Waals surface area (Å²) in [6, 6.07) is 6.83. The molecule has 8 nitrogen and oxygen atoms in total. The van der Waals surface area contributed by atoms with Crippen molar-refractivity contribution in [2.45, 2.75) is 31.0 Å². The number of nitrogens with one attached hydrogen (secondary N) is 1. The molecule has 1 aliphatic rings. The highest BCUT2D eigenvalue weighted by Gasteiger charge is 2.33. The van der Waals surface area contributed by atoms with Gasteiger partial charge in [0.2, 0.25) is 5.91 Å². The number of anilines is 1. The van der Waals surface area contributed by atoms with Crippen molar-refractivity contribution in [3.63, 3.8) is 0 Å². The van der Waals surface area contributed by atoms with Crippen molar-refractivity contribution < 1.29 is 18.0 Å². The first-order valence-electron chi connectivity index (χ1n) is 9.07. The van der Waals surface area contributed by atoms with Crippen LogP contribution in [0.2, 0.25) is 0 Å². The maximum atomic E-state index is 12.4. The van der Waals surface area contributed by atoms with Crippen LogP contribution in [0.1, 0.15) is 35.4 Å². The van der Waals surface area contributed by atoms with E-state index in [1.54, 1.807) is 34.9 Å². The van der Waals surface area contributed by atoms with Crippen LogP contribution in [-0.2, 0) is 21.2 Å². The van der Waals surface area contributed by atoms with Crippen LogP contribution in [0.15, 0.2) is 42.1 Å². The summed E-state index contributed by atoms with van der Waals surface area (Å²) in [7, 11) is -3.04. The highest BCUT2D eigenvalue weighted by molar-refractivity contribution is 7.99. The molecule has 1 aromatic carbocycles. The average molecular weight is 435 g/mol. The lowest BCUT2D eigenvalue weighted by Gasteiger charge is -2.11. The molecular formula is C19H22N4O4S2. The third kappa shape index (κ3) is 5.13. The molecule has 2 heterocycles. The fourth-order valence-corrected chi connectivity index (χ4v) is 5.72. The second-order valence-corrected chi connectivity index (χ2v) is 9.95. The molecule has 1 unspecified atom stereocenters. The number of para-hydroxylation sites is 1. The topological polar surface area (TPSA) is 111 Å². The van der Waals surface area contributed by atoms with Crippen molar-refractivity contribution in [2.75, 3.05) is 22.6 Å². The summed E-state index contributed by atoms with van der Waals surface area (Å²) in [4.78, 5) is 24.1. The van der Waals surface area contributed by atoms with E-state index in [1.165, 1.54) is 18.7 Å². The van der Waals surface area contributed by atoms with Crippen LogP contribution >= 0.6 is 11.8 Å².